The standard InChI is InChI=1S/C48H82NO9P/c1-6-8-10-11-12-13-14-15-16-19-22-25-28-31-35-39-47(51)55-43-46(44-57-59(53,54)56-42-41-49(3,4)5)58-48(52)40-36-32-29-26-23-20-17-18-21-24-27-30-34-38-45(50)37-33-9-7-2/h9,13-14,18,20-21,23,27,29-30,32-34,38,45-46,50H,6-8,10-12,15-17,19,22,24-26,28,31,35-37,39-44H2,1-5H3/p+1/b14-13-,21-18-,23-20-,30-27+,32-29-,33-9-,38-34+/t45?,46-/m1/s1. The van der Waals surface area contributed by atoms with Crippen LogP contribution in [0.25, 0.3) is 0 Å². The number of allylic oxidation sites excluding steroid dienone is 12. The summed E-state index contributed by atoms with van der Waals surface area (Å²) in [5.74, 6) is -0.930. The van der Waals surface area contributed by atoms with E-state index in [0.717, 1.165) is 51.4 Å². The lowest BCUT2D eigenvalue weighted by Crippen LogP contribution is -2.37. The maximum absolute atomic E-state index is 12.7. The number of carbonyl (C=O) groups is 2. The number of likely N-dealkylation sites (N-methyl/N-ethyl adjacent to an activating group) is 1. The molecule has 59 heavy (non-hydrogen) atoms. The number of aliphatic hydroxyl groups excluding tert-OH is 1. The number of phosphoric ester groups is 1. The molecule has 3 atom stereocenters. The second-order valence-corrected chi connectivity index (χ2v) is 17.3. The Morgan fingerprint density at radius 2 is 1.20 bits per heavy atom. The molecule has 0 heterocycles. The summed E-state index contributed by atoms with van der Waals surface area (Å²) in [6.07, 6.45) is 46.9. The first-order chi connectivity index (χ1) is 28.4. The highest BCUT2D eigenvalue weighted by Crippen LogP contribution is 2.43. The predicted octanol–water partition coefficient (Wildman–Crippen LogP) is 11.8. The average Bonchev–Trinajstić information content (AvgIpc) is 3.18. The zero-order chi connectivity index (χ0) is 43.7. The summed E-state index contributed by atoms with van der Waals surface area (Å²) < 4.78 is 34.2. The molecule has 338 valence electrons. The number of hydrogen-bond donors (Lipinski definition) is 2. The van der Waals surface area contributed by atoms with E-state index in [1.807, 2.05) is 63.7 Å². The lowest BCUT2D eigenvalue weighted by atomic mass is 10.1. The molecular weight excluding hydrogens is 766 g/mol. The van der Waals surface area contributed by atoms with E-state index in [9.17, 15) is 24.2 Å². The van der Waals surface area contributed by atoms with Crippen LogP contribution in [0.3, 0.4) is 0 Å². The Balaban J connectivity index is 4.54. The van der Waals surface area contributed by atoms with Crippen molar-refractivity contribution in [1.82, 2.24) is 0 Å². The number of quaternary nitrogens is 1. The second-order valence-electron chi connectivity index (χ2n) is 15.9. The van der Waals surface area contributed by atoms with Crippen LogP contribution in [-0.2, 0) is 32.7 Å². The molecule has 0 rings (SSSR count). The van der Waals surface area contributed by atoms with E-state index in [0.29, 0.717) is 30.3 Å². The smallest absolute Gasteiger partial charge is 0.462 e. The van der Waals surface area contributed by atoms with Gasteiger partial charge in [-0.3, -0.25) is 18.6 Å². The highest BCUT2D eigenvalue weighted by molar-refractivity contribution is 7.47. The van der Waals surface area contributed by atoms with Gasteiger partial charge in [0.05, 0.1) is 33.9 Å². The van der Waals surface area contributed by atoms with E-state index in [1.54, 1.807) is 6.08 Å². The van der Waals surface area contributed by atoms with E-state index >= 15 is 0 Å². The molecule has 0 saturated carbocycles. The fourth-order valence-electron chi connectivity index (χ4n) is 5.47. The van der Waals surface area contributed by atoms with Gasteiger partial charge in [-0.25, -0.2) is 4.57 Å². The highest BCUT2D eigenvalue weighted by atomic mass is 31.2. The summed E-state index contributed by atoms with van der Waals surface area (Å²) in [5.41, 5.74) is 0. The van der Waals surface area contributed by atoms with Crippen LogP contribution in [0.1, 0.15) is 149 Å². The first-order valence-corrected chi connectivity index (χ1v) is 23.9. The van der Waals surface area contributed by atoms with Crippen molar-refractivity contribution in [3.63, 3.8) is 0 Å². The van der Waals surface area contributed by atoms with E-state index in [1.165, 1.54) is 51.4 Å². The van der Waals surface area contributed by atoms with Crippen molar-refractivity contribution >= 4 is 19.8 Å². The third kappa shape index (κ3) is 43.1. The molecule has 0 aromatic rings. The largest absolute Gasteiger partial charge is 0.472 e. The molecular formula is C48H83NO9P+. The molecule has 0 aliphatic rings. The van der Waals surface area contributed by atoms with Gasteiger partial charge in [0.1, 0.15) is 19.8 Å². The summed E-state index contributed by atoms with van der Waals surface area (Å²) in [7, 11) is 1.39. The number of esters is 2. The Hall–Kier alpha value is -2.85. The number of hydrogen-bond acceptors (Lipinski definition) is 8. The summed E-state index contributed by atoms with van der Waals surface area (Å²) in [6, 6.07) is 0. The molecule has 2 unspecified atom stereocenters. The molecule has 0 spiro atoms. The topological polar surface area (TPSA) is 129 Å². The molecule has 0 aliphatic carbocycles. The molecule has 10 nitrogen and oxygen atoms in total. The van der Waals surface area contributed by atoms with Crippen LogP contribution in [0.5, 0.6) is 0 Å². The molecule has 0 aliphatic heterocycles. The predicted molar refractivity (Wildman–Crippen MR) is 244 cm³/mol. The van der Waals surface area contributed by atoms with Gasteiger partial charge in [-0.1, -0.05) is 150 Å². The minimum Gasteiger partial charge on any atom is -0.462 e. The molecule has 0 radical (unpaired) electrons. The zero-order valence-electron chi connectivity index (χ0n) is 37.6. The van der Waals surface area contributed by atoms with Gasteiger partial charge in [0.2, 0.25) is 0 Å². The van der Waals surface area contributed by atoms with Crippen LogP contribution >= 0.6 is 7.82 Å². The van der Waals surface area contributed by atoms with Gasteiger partial charge >= 0.3 is 19.8 Å². The maximum atomic E-state index is 12.7. The number of rotatable bonds is 39. The Bertz CT molecular complexity index is 1300. The second kappa shape index (κ2) is 39.3. The first kappa shape index (κ1) is 56.1. The Morgan fingerprint density at radius 3 is 1.83 bits per heavy atom. The fourth-order valence-corrected chi connectivity index (χ4v) is 6.21. The normalized spacial score (nSPS) is 14.9. The van der Waals surface area contributed by atoms with Crippen molar-refractivity contribution in [1.29, 1.82) is 0 Å². The van der Waals surface area contributed by atoms with Crippen molar-refractivity contribution < 1.29 is 47.2 Å². The van der Waals surface area contributed by atoms with E-state index in [2.05, 4.69) is 50.3 Å². The lowest BCUT2D eigenvalue weighted by molar-refractivity contribution is -0.870. The molecule has 0 saturated heterocycles. The van der Waals surface area contributed by atoms with Crippen LogP contribution in [-0.4, -0.2) is 86.1 Å². The maximum Gasteiger partial charge on any atom is 0.472 e. The molecule has 11 heteroatoms. The van der Waals surface area contributed by atoms with E-state index in [-0.39, 0.29) is 26.1 Å². The van der Waals surface area contributed by atoms with Crippen LogP contribution < -0.4 is 0 Å². The minimum absolute atomic E-state index is 0.00609. The third-order valence-electron chi connectivity index (χ3n) is 9.00. The summed E-state index contributed by atoms with van der Waals surface area (Å²) in [5, 5.41) is 9.85. The molecule has 2 N–H and O–H groups in total. The number of nitrogens with zero attached hydrogens (tertiary/aromatic N) is 1. The van der Waals surface area contributed by atoms with E-state index < -0.39 is 38.6 Å². The Kier molecular flexibility index (Phi) is 37.4. The van der Waals surface area contributed by atoms with Crippen molar-refractivity contribution in [2.24, 2.45) is 0 Å². The molecule has 0 amide bonds. The van der Waals surface area contributed by atoms with Gasteiger partial charge < -0.3 is 24.0 Å². The van der Waals surface area contributed by atoms with Gasteiger partial charge in [0.15, 0.2) is 6.10 Å². The van der Waals surface area contributed by atoms with Crippen LogP contribution in [0, 0.1) is 0 Å². The summed E-state index contributed by atoms with van der Waals surface area (Å²) in [4.78, 5) is 35.3. The van der Waals surface area contributed by atoms with Gasteiger partial charge in [0.25, 0.3) is 0 Å². The number of aliphatic hydroxyl groups is 1. The number of unbranched alkanes of at least 4 members (excludes halogenated alkanes) is 11. The summed E-state index contributed by atoms with van der Waals surface area (Å²) >= 11 is 0. The van der Waals surface area contributed by atoms with Crippen LogP contribution in [0.4, 0.5) is 0 Å². The Labute approximate surface area is 359 Å². The average molecular weight is 849 g/mol. The van der Waals surface area contributed by atoms with Crippen molar-refractivity contribution in [2.75, 3.05) is 47.5 Å². The first-order valence-electron chi connectivity index (χ1n) is 22.4. The van der Waals surface area contributed by atoms with Gasteiger partial charge in [-0.05, 0) is 70.6 Å². The van der Waals surface area contributed by atoms with Crippen molar-refractivity contribution in [3.8, 4) is 0 Å². The third-order valence-corrected chi connectivity index (χ3v) is 9.99. The van der Waals surface area contributed by atoms with E-state index in [4.69, 9.17) is 18.5 Å². The van der Waals surface area contributed by atoms with Gasteiger partial charge in [-0.15, -0.1) is 0 Å². The number of phosphoric acid groups is 1. The van der Waals surface area contributed by atoms with Crippen LogP contribution in [0.15, 0.2) is 85.1 Å². The monoisotopic (exact) mass is 849 g/mol. The zero-order valence-corrected chi connectivity index (χ0v) is 38.5. The SMILES string of the molecule is CC/C=C\CC(O)/C=C/C=C/C/C=C\C/C=C\C/C=C\CCC(=O)O[C@H](COC(=O)CCCCCCCCC/C=C\CCCCCC)COP(=O)(O)OCC[N+](C)(C)C. The quantitative estimate of drug-likeness (QED) is 0.0155. The highest BCUT2D eigenvalue weighted by Gasteiger charge is 2.27. The Morgan fingerprint density at radius 1 is 0.627 bits per heavy atom. The van der Waals surface area contributed by atoms with Gasteiger partial charge in [-0.2, -0.15) is 0 Å². The molecule has 0 aromatic carbocycles. The van der Waals surface area contributed by atoms with Crippen molar-refractivity contribution in [3.05, 3.63) is 85.1 Å². The van der Waals surface area contributed by atoms with Gasteiger partial charge in [0, 0.05) is 12.8 Å². The van der Waals surface area contributed by atoms with Crippen LogP contribution in [0.2, 0.25) is 0 Å². The lowest BCUT2D eigenvalue weighted by Gasteiger charge is -2.24. The molecule has 0 aromatic heterocycles. The summed E-state index contributed by atoms with van der Waals surface area (Å²) in [6.45, 7) is 4.08. The number of carbonyl (C=O) groups excluding carboxylic acids is 2. The number of ether oxygens (including phenoxy) is 2. The minimum atomic E-state index is -4.41. The van der Waals surface area contributed by atoms with Crippen molar-refractivity contribution in [2.45, 2.75) is 161 Å². The fraction of sp³-hybridized carbons (Fsp3) is 0.667. The molecule has 0 bridgehead atoms. The molecule has 0 fully saturated rings.